The van der Waals surface area contributed by atoms with E-state index in [9.17, 15) is 4.79 Å². The third kappa shape index (κ3) is 2.85. The highest BCUT2D eigenvalue weighted by Crippen LogP contribution is 2.18. The summed E-state index contributed by atoms with van der Waals surface area (Å²) in [6.07, 6.45) is 1.59. The molecule has 1 heterocycles. The zero-order valence-electron chi connectivity index (χ0n) is 12.1. The Morgan fingerprint density at radius 3 is 2.70 bits per heavy atom. The highest BCUT2D eigenvalue weighted by molar-refractivity contribution is 6.31. The third-order valence-corrected chi connectivity index (χ3v) is 3.68. The molecule has 0 atom stereocenters. The van der Waals surface area contributed by atoms with E-state index in [1.165, 1.54) is 0 Å². The summed E-state index contributed by atoms with van der Waals surface area (Å²) in [6, 6.07) is 5.89. The van der Waals surface area contributed by atoms with E-state index >= 15 is 0 Å². The molecule has 20 heavy (non-hydrogen) atoms. The van der Waals surface area contributed by atoms with Gasteiger partial charge in [0.1, 0.15) is 0 Å². The Kier molecular flexibility index (Phi) is 4.14. The van der Waals surface area contributed by atoms with Crippen LogP contribution < -0.4 is 0 Å². The summed E-state index contributed by atoms with van der Waals surface area (Å²) in [5, 5.41) is 4.66. The van der Waals surface area contributed by atoms with Crippen LogP contribution in [0.25, 0.3) is 0 Å². The Hall–Kier alpha value is -1.81. The van der Waals surface area contributed by atoms with E-state index < -0.39 is 0 Å². The average Bonchev–Trinajstić information content (AvgIpc) is 2.72. The second-order valence-electron chi connectivity index (χ2n) is 5.04. The van der Waals surface area contributed by atoms with Gasteiger partial charge in [-0.05, 0) is 25.5 Å². The molecule has 2 rings (SSSR count). The minimum Gasteiger partial charge on any atom is -0.336 e. The standard InChI is InChI=1S/C15H18ClN3O/c1-10-5-6-11(2)12(7-10)15(20)18(3)9-14-13(16)8-17-19(14)4/h5-8H,9H2,1-4H3. The van der Waals surface area contributed by atoms with Crippen molar-refractivity contribution in [3.05, 3.63) is 51.8 Å². The maximum absolute atomic E-state index is 12.5. The molecule has 0 unspecified atom stereocenters. The van der Waals surface area contributed by atoms with Gasteiger partial charge in [-0.1, -0.05) is 29.3 Å². The number of carbonyl (C=O) groups excluding carboxylic acids is 1. The molecule has 0 aliphatic carbocycles. The first-order valence-corrected chi connectivity index (χ1v) is 6.77. The Balaban J connectivity index is 2.23. The van der Waals surface area contributed by atoms with Crippen LogP contribution >= 0.6 is 11.6 Å². The zero-order valence-corrected chi connectivity index (χ0v) is 12.9. The lowest BCUT2D eigenvalue weighted by Gasteiger charge is -2.19. The van der Waals surface area contributed by atoms with Gasteiger partial charge in [0.2, 0.25) is 0 Å². The van der Waals surface area contributed by atoms with E-state index in [0.717, 1.165) is 22.4 Å². The smallest absolute Gasteiger partial charge is 0.254 e. The molecule has 0 saturated carbocycles. The first kappa shape index (κ1) is 14.6. The van der Waals surface area contributed by atoms with E-state index in [4.69, 9.17) is 11.6 Å². The lowest BCUT2D eigenvalue weighted by Crippen LogP contribution is -2.28. The van der Waals surface area contributed by atoms with E-state index in [1.807, 2.05) is 39.1 Å². The van der Waals surface area contributed by atoms with E-state index in [0.29, 0.717) is 11.6 Å². The van der Waals surface area contributed by atoms with Crippen LogP contribution in [0.4, 0.5) is 0 Å². The van der Waals surface area contributed by atoms with Crippen molar-refractivity contribution in [2.45, 2.75) is 20.4 Å². The summed E-state index contributed by atoms with van der Waals surface area (Å²) in [6.45, 7) is 4.35. The fraction of sp³-hybridized carbons (Fsp3) is 0.333. The highest BCUT2D eigenvalue weighted by atomic mass is 35.5. The van der Waals surface area contributed by atoms with Crippen molar-refractivity contribution in [2.24, 2.45) is 7.05 Å². The first-order chi connectivity index (χ1) is 9.40. The number of benzene rings is 1. The van der Waals surface area contributed by atoms with E-state index in [-0.39, 0.29) is 5.91 Å². The lowest BCUT2D eigenvalue weighted by atomic mass is 10.0. The molecule has 1 amide bonds. The lowest BCUT2D eigenvalue weighted by molar-refractivity contribution is 0.0781. The molecule has 1 aromatic heterocycles. The van der Waals surface area contributed by atoms with Gasteiger partial charge in [0.25, 0.3) is 5.91 Å². The maximum Gasteiger partial charge on any atom is 0.254 e. The second kappa shape index (κ2) is 5.67. The van der Waals surface area contributed by atoms with Crippen LogP contribution in [0, 0.1) is 13.8 Å². The number of hydrogen-bond acceptors (Lipinski definition) is 2. The predicted molar refractivity (Wildman–Crippen MR) is 79.9 cm³/mol. The molecule has 0 aliphatic heterocycles. The van der Waals surface area contributed by atoms with Gasteiger partial charge in [-0.25, -0.2) is 0 Å². The van der Waals surface area contributed by atoms with Crippen molar-refractivity contribution in [1.29, 1.82) is 0 Å². The molecule has 0 radical (unpaired) electrons. The number of halogens is 1. The molecule has 0 fully saturated rings. The molecular weight excluding hydrogens is 274 g/mol. The second-order valence-corrected chi connectivity index (χ2v) is 5.45. The molecule has 0 saturated heterocycles. The van der Waals surface area contributed by atoms with Gasteiger partial charge in [0.05, 0.1) is 23.5 Å². The van der Waals surface area contributed by atoms with Gasteiger partial charge >= 0.3 is 0 Å². The average molecular weight is 292 g/mol. The number of carbonyl (C=O) groups is 1. The predicted octanol–water partition coefficient (Wildman–Crippen LogP) is 2.96. The van der Waals surface area contributed by atoms with Crippen LogP contribution in [0.3, 0.4) is 0 Å². The maximum atomic E-state index is 12.5. The summed E-state index contributed by atoms with van der Waals surface area (Å²) < 4.78 is 1.69. The summed E-state index contributed by atoms with van der Waals surface area (Å²) in [4.78, 5) is 14.2. The van der Waals surface area contributed by atoms with Crippen molar-refractivity contribution < 1.29 is 4.79 Å². The summed E-state index contributed by atoms with van der Waals surface area (Å²) in [7, 11) is 3.59. The third-order valence-electron chi connectivity index (χ3n) is 3.37. The van der Waals surface area contributed by atoms with Crippen LogP contribution in [0.5, 0.6) is 0 Å². The number of amides is 1. The molecule has 1 aromatic carbocycles. The monoisotopic (exact) mass is 291 g/mol. The number of aromatic nitrogens is 2. The van der Waals surface area contributed by atoms with Gasteiger partial charge in [-0.15, -0.1) is 0 Å². The van der Waals surface area contributed by atoms with Crippen molar-refractivity contribution >= 4 is 17.5 Å². The zero-order chi connectivity index (χ0) is 14.9. The molecule has 0 bridgehead atoms. The minimum atomic E-state index is -0.0107. The molecule has 2 aromatic rings. The SMILES string of the molecule is Cc1ccc(C)c(C(=O)N(C)Cc2c(Cl)cnn2C)c1. The minimum absolute atomic E-state index is 0.0107. The Bertz CT molecular complexity index is 629. The van der Waals surface area contributed by atoms with Crippen molar-refractivity contribution in [3.63, 3.8) is 0 Å². The molecule has 0 aliphatic rings. The van der Waals surface area contributed by atoms with Crippen LogP contribution in [0.2, 0.25) is 5.02 Å². The Morgan fingerprint density at radius 2 is 2.10 bits per heavy atom. The van der Waals surface area contributed by atoms with Gasteiger partial charge in [-0.2, -0.15) is 5.10 Å². The van der Waals surface area contributed by atoms with Crippen LogP contribution in [-0.2, 0) is 13.6 Å². The molecular formula is C15H18ClN3O. The number of hydrogen-bond donors (Lipinski definition) is 0. The number of aryl methyl sites for hydroxylation is 3. The van der Waals surface area contributed by atoms with E-state index in [2.05, 4.69) is 5.10 Å². The highest BCUT2D eigenvalue weighted by Gasteiger charge is 2.17. The van der Waals surface area contributed by atoms with Crippen LogP contribution in [-0.4, -0.2) is 27.6 Å². The number of rotatable bonds is 3. The van der Waals surface area contributed by atoms with Crippen LogP contribution in [0.15, 0.2) is 24.4 Å². The summed E-state index contributed by atoms with van der Waals surface area (Å²) >= 11 is 6.08. The molecule has 4 nitrogen and oxygen atoms in total. The van der Waals surface area contributed by atoms with Gasteiger partial charge < -0.3 is 4.90 Å². The van der Waals surface area contributed by atoms with E-state index in [1.54, 1.807) is 22.8 Å². The van der Waals surface area contributed by atoms with Gasteiger partial charge in [0, 0.05) is 19.7 Å². The van der Waals surface area contributed by atoms with Crippen LogP contribution in [0.1, 0.15) is 27.2 Å². The topological polar surface area (TPSA) is 38.1 Å². The largest absolute Gasteiger partial charge is 0.336 e. The molecule has 0 spiro atoms. The molecule has 0 N–H and O–H groups in total. The van der Waals surface area contributed by atoms with Crippen molar-refractivity contribution in [3.8, 4) is 0 Å². The van der Waals surface area contributed by atoms with Gasteiger partial charge in [-0.3, -0.25) is 9.48 Å². The van der Waals surface area contributed by atoms with Crippen molar-refractivity contribution in [2.75, 3.05) is 7.05 Å². The summed E-state index contributed by atoms with van der Waals surface area (Å²) in [5.41, 5.74) is 3.60. The fourth-order valence-electron chi connectivity index (χ4n) is 2.08. The quantitative estimate of drug-likeness (QED) is 0.872. The first-order valence-electron chi connectivity index (χ1n) is 6.39. The summed E-state index contributed by atoms with van der Waals surface area (Å²) in [5.74, 6) is -0.0107. The fourth-order valence-corrected chi connectivity index (χ4v) is 2.31. The Labute approximate surface area is 124 Å². The molecule has 106 valence electrons. The number of nitrogens with zero attached hydrogens (tertiary/aromatic N) is 3. The Morgan fingerprint density at radius 1 is 1.40 bits per heavy atom. The van der Waals surface area contributed by atoms with Gasteiger partial charge in [0.15, 0.2) is 0 Å². The molecule has 5 heteroatoms. The van der Waals surface area contributed by atoms with Crippen molar-refractivity contribution in [1.82, 2.24) is 14.7 Å². The normalized spacial score (nSPS) is 10.7.